The van der Waals surface area contributed by atoms with E-state index in [1.54, 1.807) is 22.3 Å². The van der Waals surface area contributed by atoms with Gasteiger partial charge in [0, 0.05) is 17.1 Å². The number of hydrogen-bond acceptors (Lipinski definition) is 4. The SMILES string of the molecule is C=CCN(C(=O)Cn1cnc2sc3c(c2c1=O)CC[C@H](C)C3)c1ccccc1. The third-order valence-corrected chi connectivity index (χ3v) is 6.43. The van der Waals surface area contributed by atoms with Crippen molar-refractivity contribution in [1.82, 2.24) is 9.55 Å². The van der Waals surface area contributed by atoms with E-state index in [1.807, 2.05) is 30.3 Å². The van der Waals surface area contributed by atoms with Gasteiger partial charge in [-0.15, -0.1) is 17.9 Å². The average Bonchev–Trinajstić information content (AvgIpc) is 3.07. The highest BCUT2D eigenvalue weighted by atomic mass is 32.1. The van der Waals surface area contributed by atoms with Crippen molar-refractivity contribution < 1.29 is 4.79 Å². The first kappa shape index (κ1) is 18.6. The molecular weight excluding hydrogens is 370 g/mol. The van der Waals surface area contributed by atoms with E-state index in [0.717, 1.165) is 35.3 Å². The topological polar surface area (TPSA) is 55.2 Å². The average molecular weight is 394 g/mol. The zero-order chi connectivity index (χ0) is 19.7. The van der Waals surface area contributed by atoms with Crippen LogP contribution < -0.4 is 10.5 Å². The summed E-state index contributed by atoms with van der Waals surface area (Å²) >= 11 is 1.62. The highest BCUT2D eigenvalue weighted by Crippen LogP contribution is 2.35. The second-order valence-corrected chi connectivity index (χ2v) is 8.42. The number of thiophene rings is 1. The summed E-state index contributed by atoms with van der Waals surface area (Å²) in [6, 6.07) is 9.43. The molecule has 3 aromatic rings. The van der Waals surface area contributed by atoms with Gasteiger partial charge in [0.05, 0.1) is 11.7 Å². The van der Waals surface area contributed by atoms with Crippen molar-refractivity contribution in [3.63, 3.8) is 0 Å². The van der Waals surface area contributed by atoms with Crippen LogP contribution in [0.15, 0.2) is 54.1 Å². The summed E-state index contributed by atoms with van der Waals surface area (Å²) in [5.74, 6) is 0.481. The third kappa shape index (κ3) is 3.40. The summed E-state index contributed by atoms with van der Waals surface area (Å²) in [7, 11) is 0. The molecule has 144 valence electrons. The van der Waals surface area contributed by atoms with Crippen molar-refractivity contribution in [2.24, 2.45) is 5.92 Å². The molecule has 1 aliphatic rings. The Morgan fingerprint density at radius 3 is 2.93 bits per heavy atom. The summed E-state index contributed by atoms with van der Waals surface area (Å²) in [4.78, 5) is 34.3. The second-order valence-electron chi connectivity index (χ2n) is 7.34. The molecule has 0 fully saturated rings. The lowest BCUT2D eigenvalue weighted by atomic mass is 9.89. The number of rotatable bonds is 5. The molecule has 0 aliphatic heterocycles. The molecule has 1 amide bonds. The predicted molar refractivity (Wildman–Crippen MR) is 114 cm³/mol. The predicted octanol–water partition coefficient (Wildman–Crippen LogP) is 3.80. The van der Waals surface area contributed by atoms with Gasteiger partial charge in [-0.25, -0.2) is 4.98 Å². The number of anilines is 1. The van der Waals surface area contributed by atoms with E-state index < -0.39 is 0 Å². The van der Waals surface area contributed by atoms with Gasteiger partial charge in [0.25, 0.3) is 5.56 Å². The fourth-order valence-corrected chi connectivity index (χ4v) is 5.14. The van der Waals surface area contributed by atoms with Crippen LogP contribution in [0, 0.1) is 5.92 Å². The van der Waals surface area contributed by atoms with E-state index in [-0.39, 0.29) is 18.0 Å². The van der Waals surface area contributed by atoms with Gasteiger partial charge in [0.15, 0.2) is 0 Å². The Labute approximate surface area is 167 Å². The maximum Gasteiger partial charge on any atom is 0.262 e. The van der Waals surface area contributed by atoms with Crippen molar-refractivity contribution >= 4 is 33.1 Å². The van der Waals surface area contributed by atoms with Gasteiger partial charge in [0.1, 0.15) is 11.4 Å². The van der Waals surface area contributed by atoms with Gasteiger partial charge in [-0.3, -0.25) is 14.2 Å². The summed E-state index contributed by atoms with van der Waals surface area (Å²) in [5, 5.41) is 0.706. The van der Waals surface area contributed by atoms with Crippen molar-refractivity contribution in [3.05, 3.63) is 70.1 Å². The van der Waals surface area contributed by atoms with E-state index >= 15 is 0 Å². The lowest BCUT2D eigenvalue weighted by Gasteiger charge is -2.21. The molecule has 4 rings (SSSR count). The molecule has 0 unspecified atom stereocenters. The van der Waals surface area contributed by atoms with Crippen LogP contribution in [0.25, 0.3) is 10.2 Å². The van der Waals surface area contributed by atoms with Gasteiger partial charge in [-0.2, -0.15) is 0 Å². The van der Waals surface area contributed by atoms with Gasteiger partial charge in [-0.05, 0) is 42.9 Å². The smallest absolute Gasteiger partial charge is 0.262 e. The minimum atomic E-state index is -0.160. The Morgan fingerprint density at radius 1 is 1.39 bits per heavy atom. The molecule has 2 aromatic heterocycles. The number of amides is 1. The number of hydrogen-bond donors (Lipinski definition) is 0. The Kier molecular flexibility index (Phi) is 5.13. The molecule has 0 bridgehead atoms. The largest absolute Gasteiger partial charge is 0.307 e. The molecule has 1 atom stereocenters. The first-order valence-corrected chi connectivity index (χ1v) is 10.4. The molecular formula is C22H23N3O2S. The maximum absolute atomic E-state index is 13.1. The molecule has 1 aliphatic carbocycles. The van der Waals surface area contributed by atoms with Gasteiger partial charge >= 0.3 is 0 Å². The highest BCUT2D eigenvalue weighted by Gasteiger charge is 2.24. The van der Waals surface area contributed by atoms with Crippen LogP contribution in [0.1, 0.15) is 23.8 Å². The molecule has 6 heteroatoms. The first-order chi connectivity index (χ1) is 13.6. The number of para-hydroxylation sites is 1. The molecule has 1 aromatic carbocycles. The lowest BCUT2D eigenvalue weighted by Crippen LogP contribution is -2.36. The minimum absolute atomic E-state index is 0.0362. The van der Waals surface area contributed by atoms with Crippen LogP contribution in [0.4, 0.5) is 5.69 Å². The third-order valence-electron chi connectivity index (χ3n) is 5.27. The van der Waals surface area contributed by atoms with Gasteiger partial charge in [0.2, 0.25) is 5.91 Å². The fraction of sp³-hybridized carbons (Fsp3) is 0.318. The first-order valence-electron chi connectivity index (χ1n) is 9.54. The number of aromatic nitrogens is 2. The lowest BCUT2D eigenvalue weighted by molar-refractivity contribution is -0.119. The molecule has 0 radical (unpaired) electrons. The fourth-order valence-electron chi connectivity index (χ4n) is 3.80. The van der Waals surface area contributed by atoms with E-state index in [2.05, 4.69) is 18.5 Å². The summed E-state index contributed by atoms with van der Waals surface area (Å²) in [6.07, 6.45) is 6.21. The number of aryl methyl sites for hydroxylation is 1. The van der Waals surface area contributed by atoms with Crippen molar-refractivity contribution in [1.29, 1.82) is 0 Å². The van der Waals surface area contributed by atoms with Crippen LogP contribution in [0.2, 0.25) is 0 Å². The standard InChI is InChI=1S/C22H23N3O2S/c1-3-11-25(16-7-5-4-6-8-16)19(26)13-24-14-23-21-20(22(24)27)17-10-9-15(2)12-18(17)28-21/h3-8,14-15H,1,9-13H2,2H3/t15-/m0/s1. The van der Waals surface area contributed by atoms with Crippen molar-refractivity contribution in [2.75, 3.05) is 11.4 Å². The number of fused-ring (bicyclic) bond motifs is 3. The van der Waals surface area contributed by atoms with Gasteiger partial charge < -0.3 is 4.90 Å². The quantitative estimate of drug-likeness (QED) is 0.620. The molecule has 2 heterocycles. The van der Waals surface area contributed by atoms with Crippen LogP contribution in [0.5, 0.6) is 0 Å². The summed E-state index contributed by atoms with van der Waals surface area (Å²) in [6.45, 7) is 6.35. The number of carbonyl (C=O) groups is 1. The van der Waals surface area contributed by atoms with Crippen LogP contribution in [0.3, 0.4) is 0 Å². The second kappa shape index (κ2) is 7.72. The molecule has 0 saturated heterocycles. The molecule has 0 spiro atoms. The molecule has 28 heavy (non-hydrogen) atoms. The maximum atomic E-state index is 13.1. The Morgan fingerprint density at radius 2 is 2.18 bits per heavy atom. The Balaban J connectivity index is 1.67. The van der Waals surface area contributed by atoms with Crippen LogP contribution in [-0.4, -0.2) is 22.0 Å². The highest BCUT2D eigenvalue weighted by molar-refractivity contribution is 7.18. The summed E-state index contributed by atoms with van der Waals surface area (Å²) in [5.41, 5.74) is 1.82. The van der Waals surface area contributed by atoms with Crippen molar-refractivity contribution in [2.45, 2.75) is 32.7 Å². The zero-order valence-electron chi connectivity index (χ0n) is 15.9. The van der Waals surface area contributed by atoms with E-state index in [4.69, 9.17) is 0 Å². The summed E-state index contributed by atoms with van der Waals surface area (Å²) < 4.78 is 1.44. The van der Waals surface area contributed by atoms with Crippen molar-refractivity contribution in [3.8, 4) is 0 Å². The molecule has 5 nitrogen and oxygen atoms in total. The van der Waals surface area contributed by atoms with E-state index in [0.29, 0.717) is 17.8 Å². The van der Waals surface area contributed by atoms with E-state index in [9.17, 15) is 9.59 Å². The number of benzene rings is 1. The monoisotopic (exact) mass is 393 g/mol. The number of carbonyl (C=O) groups excluding carboxylic acids is 1. The van der Waals surface area contributed by atoms with Crippen LogP contribution in [-0.2, 0) is 24.2 Å². The van der Waals surface area contributed by atoms with E-state index in [1.165, 1.54) is 15.8 Å². The zero-order valence-corrected chi connectivity index (χ0v) is 16.7. The normalized spacial score (nSPS) is 16.0. The Hall–Kier alpha value is -2.73. The minimum Gasteiger partial charge on any atom is -0.307 e. The number of nitrogens with zero attached hydrogens (tertiary/aromatic N) is 3. The van der Waals surface area contributed by atoms with Crippen LogP contribution >= 0.6 is 11.3 Å². The molecule has 0 N–H and O–H groups in total. The molecule has 0 saturated carbocycles. The Bertz CT molecular complexity index is 1080. The van der Waals surface area contributed by atoms with Gasteiger partial charge in [-0.1, -0.05) is 31.2 Å².